The number of allylic oxidation sites excluding steroid dienone is 8. The summed E-state index contributed by atoms with van der Waals surface area (Å²) in [5, 5.41) is 0. The highest BCUT2D eigenvalue weighted by atomic mass is 14.5. The largest absolute Gasteiger partial charge is 0.0835 e. The van der Waals surface area contributed by atoms with Crippen molar-refractivity contribution in [2.75, 3.05) is 0 Å². The van der Waals surface area contributed by atoms with Gasteiger partial charge in [-0.05, 0) is 24.0 Å². The maximum Gasteiger partial charge on any atom is 0.0228 e. The normalized spacial score (nSPS) is 39.5. The Morgan fingerprint density at radius 1 is 1.31 bits per heavy atom. The van der Waals surface area contributed by atoms with Crippen molar-refractivity contribution in [2.24, 2.45) is 11.3 Å². The van der Waals surface area contributed by atoms with Crippen molar-refractivity contribution in [3.05, 3.63) is 47.6 Å². The minimum Gasteiger partial charge on any atom is -0.0835 e. The van der Waals surface area contributed by atoms with Crippen molar-refractivity contribution in [2.45, 2.75) is 20.8 Å². The van der Waals surface area contributed by atoms with Gasteiger partial charge in [0.05, 0.1) is 0 Å². The van der Waals surface area contributed by atoms with Gasteiger partial charge in [0, 0.05) is 5.41 Å². The van der Waals surface area contributed by atoms with E-state index in [4.69, 9.17) is 0 Å². The van der Waals surface area contributed by atoms with Crippen molar-refractivity contribution in [1.82, 2.24) is 0 Å². The zero-order valence-corrected chi connectivity index (χ0v) is 8.54. The average Bonchev–Trinajstić information content (AvgIpc) is 2.26. The molecule has 0 heterocycles. The van der Waals surface area contributed by atoms with Gasteiger partial charge >= 0.3 is 0 Å². The van der Waals surface area contributed by atoms with Crippen LogP contribution in [0.1, 0.15) is 20.8 Å². The number of hydrogen-bond donors (Lipinski definition) is 0. The highest BCUT2D eigenvalue weighted by Crippen LogP contribution is 2.52. The predicted octanol–water partition coefficient (Wildman–Crippen LogP) is 3.64. The molecule has 0 heteroatoms. The molecule has 13 heavy (non-hydrogen) atoms. The van der Waals surface area contributed by atoms with Crippen molar-refractivity contribution in [1.29, 1.82) is 0 Å². The number of hydrogen-bond acceptors (Lipinski definition) is 0. The van der Waals surface area contributed by atoms with Crippen LogP contribution in [0.15, 0.2) is 47.6 Å². The topological polar surface area (TPSA) is 0 Å². The quantitative estimate of drug-likeness (QED) is 0.523. The minimum atomic E-state index is 0.276. The van der Waals surface area contributed by atoms with E-state index in [2.05, 4.69) is 57.2 Å². The SMILES string of the molecule is C/C=C1/C=CC=CC2=CC(C)C21C. The first-order chi connectivity index (χ1) is 6.19. The molecule has 0 amide bonds. The standard InChI is InChI=1S/C13H16/c1-4-11-7-5-6-8-12-9-10(2)13(11,12)3/h4-10H,1-3H3/b11-4-. The van der Waals surface area contributed by atoms with Gasteiger partial charge in [-0.3, -0.25) is 0 Å². The maximum absolute atomic E-state index is 2.35. The van der Waals surface area contributed by atoms with Crippen molar-refractivity contribution >= 4 is 0 Å². The summed E-state index contributed by atoms with van der Waals surface area (Å²) in [5.74, 6) is 0.668. The third kappa shape index (κ3) is 0.980. The summed E-state index contributed by atoms with van der Waals surface area (Å²) in [5.41, 5.74) is 3.19. The van der Waals surface area contributed by atoms with Crippen molar-refractivity contribution < 1.29 is 0 Å². The lowest BCUT2D eigenvalue weighted by atomic mass is 9.59. The van der Waals surface area contributed by atoms with Crippen LogP contribution in [-0.4, -0.2) is 0 Å². The molecule has 0 saturated carbocycles. The highest BCUT2D eigenvalue weighted by Gasteiger charge is 2.42. The molecule has 2 rings (SSSR count). The van der Waals surface area contributed by atoms with Crippen LogP contribution < -0.4 is 0 Å². The summed E-state index contributed by atoms with van der Waals surface area (Å²) in [6, 6.07) is 0. The van der Waals surface area contributed by atoms with Gasteiger partial charge in [-0.25, -0.2) is 0 Å². The molecule has 0 N–H and O–H groups in total. The molecule has 0 nitrogen and oxygen atoms in total. The molecule has 0 radical (unpaired) electrons. The molecule has 0 aromatic carbocycles. The van der Waals surface area contributed by atoms with Gasteiger partial charge in [0.2, 0.25) is 0 Å². The van der Waals surface area contributed by atoms with Gasteiger partial charge in [0.1, 0.15) is 0 Å². The Balaban J connectivity index is 2.51. The van der Waals surface area contributed by atoms with E-state index in [1.54, 1.807) is 0 Å². The summed E-state index contributed by atoms with van der Waals surface area (Å²) in [7, 11) is 0. The Labute approximate surface area is 80.3 Å². The number of rotatable bonds is 0. The Hall–Kier alpha value is -1.04. The Bertz CT molecular complexity index is 339. The highest BCUT2D eigenvalue weighted by molar-refractivity contribution is 5.51. The summed E-state index contributed by atoms with van der Waals surface area (Å²) in [4.78, 5) is 0. The molecule has 2 aliphatic carbocycles. The van der Waals surface area contributed by atoms with E-state index in [0.717, 1.165) is 0 Å². The molecule has 0 spiro atoms. The van der Waals surface area contributed by atoms with Crippen LogP contribution in [0.5, 0.6) is 0 Å². The monoisotopic (exact) mass is 172 g/mol. The van der Waals surface area contributed by atoms with Crippen molar-refractivity contribution in [3.63, 3.8) is 0 Å². The lowest BCUT2D eigenvalue weighted by Crippen LogP contribution is -2.35. The van der Waals surface area contributed by atoms with Gasteiger partial charge in [0.15, 0.2) is 0 Å². The summed E-state index contributed by atoms with van der Waals surface area (Å²) < 4.78 is 0. The molecular formula is C13H16. The van der Waals surface area contributed by atoms with E-state index < -0.39 is 0 Å². The van der Waals surface area contributed by atoms with E-state index in [9.17, 15) is 0 Å². The molecule has 0 saturated heterocycles. The zero-order chi connectivity index (χ0) is 9.47. The van der Waals surface area contributed by atoms with Gasteiger partial charge in [0.25, 0.3) is 0 Å². The molecule has 2 atom stereocenters. The van der Waals surface area contributed by atoms with E-state index in [1.165, 1.54) is 11.1 Å². The molecule has 0 aliphatic heterocycles. The maximum atomic E-state index is 2.35. The third-order valence-electron chi connectivity index (χ3n) is 3.51. The average molecular weight is 172 g/mol. The summed E-state index contributed by atoms with van der Waals surface area (Å²) in [6.07, 6.45) is 13.3. The van der Waals surface area contributed by atoms with Crippen LogP contribution in [0.25, 0.3) is 0 Å². The lowest BCUT2D eigenvalue weighted by molar-refractivity contribution is 0.333. The second-order valence-electron chi connectivity index (χ2n) is 4.08. The fraction of sp³-hybridized carbons (Fsp3) is 0.385. The second kappa shape index (κ2) is 2.73. The van der Waals surface area contributed by atoms with Gasteiger partial charge < -0.3 is 0 Å². The van der Waals surface area contributed by atoms with E-state index in [-0.39, 0.29) is 5.41 Å². The number of fused-ring (bicyclic) bond motifs is 1. The Morgan fingerprint density at radius 2 is 2.00 bits per heavy atom. The van der Waals surface area contributed by atoms with E-state index in [0.29, 0.717) is 5.92 Å². The van der Waals surface area contributed by atoms with Gasteiger partial charge in [-0.15, -0.1) is 0 Å². The molecule has 0 fully saturated rings. The lowest BCUT2D eigenvalue weighted by Gasteiger charge is -2.44. The molecule has 2 unspecified atom stereocenters. The van der Waals surface area contributed by atoms with E-state index in [1.807, 2.05) is 0 Å². The van der Waals surface area contributed by atoms with Crippen LogP contribution >= 0.6 is 0 Å². The molecule has 0 aromatic heterocycles. The third-order valence-corrected chi connectivity index (χ3v) is 3.51. The fourth-order valence-corrected chi connectivity index (χ4v) is 2.32. The first kappa shape index (κ1) is 8.55. The zero-order valence-electron chi connectivity index (χ0n) is 8.54. The second-order valence-corrected chi connectivity index (χ2v) is 4.08. The summed E-state index contributed by atoms with van der Waals surface area (Å²) >= 11 is 0. The molecule has 0 bridgehead atoms. The smallest absolute Gasteiger partial charge is 0.0228 e. The fourth-order valence-electron chi connectivity index (χ4n) is 2.32. The van der Waals surface area contributed by atoms with Crippen LogP contribution in [0, 0.1) is 11.3 Å². The molecule has 68 valence electrons. The van der Waals surface area contributed by atoms with Crippen molar-refractivity contribution in [3.8, 4) is 0 Å². The van der Waals surface area contributed by atoms with Gasteiger partial charge in [-0.1, -0.05) is 50.3 Å². The Kier molecular flexibility index (Phi) is 1.80. The van der Waals surface area contributed by atoms with Crippen LogP contribution in [0.2, 0.25) is 0 Å². The minimum absolute atomic E-state index is 0.276. The first-order valence-electron chi connectivity index (χ1n) is 4.93. The van der Waals surface area contributed by atoms with Crippen LogP contribution in [0.3, 0.4) is 0 Å². The molecular weight excluding hydrogens is 156 g/mol. The summed E-state index contributed by atoms with van der Waals surface area (Å²) in [6.45, 7) is 6.75. The van der Waals surface area contributed by atoms with Gasteiger partial charge in [-0.2, -0.15) is 0 Å². The van der Waals surface area contributed by atoms with Crippen LogP contribution in [-0.2, 0) is 0 Å². The Morgan fingerprint density at radius 3 is 2.62 bits per heavy atom. The predicted molar refractivity (Wildman–Crippen MR) is 57.4 cm³/mol. The van der Waals surface area contributed by atoms with Crippen LogP contribution in [0.4, 0.5) is 0 Å². The first-order valence-corrected chi connectivity index (χ1v) is 4.93. The molecule has 2 aliphatic rings. The van der Waals surface area contributed by atoms with E-state index >= 15 is 0 Å². The molecule has 0 aromatic rings.